The molecular weight excluding hydrogens is 220 g/mol. The zero-order valence-corrected chi connectivity index (χ0v) is 10.5. The van der Waals surface area contributed by atoms with Gasteiger partial charge in [-0.2, -0.15) is 0 Å². The van der Waals surface area contributed by atoms with E-state index in [1.807, 2.05) is 12.4 Å². The number of pyridine rings is 1. The normalized spacial score (nSPS) is 13.3. The first kappa shape index (κ1) is 11.3. The fourth-order valence-corrected chi connectivity index (χ4v) is 2.58. The lowest BCUT2D eigenvalue weighted by Gasteiger charge is -2.08. The maximum Gasteiger partial charge on any atom is 0.0343 e. The van der Waals surface area contributed by atoms with Gasteiger partial charge in [0.1, 0.15) is 0 Å². The van der Waals surface area contributed by atoms with E-state index in [0.29, 0.717) is 0 Å². The van der Waals surface area contributed by atoms with Crippen LogP contribution in [0, 0.1) is 0 Å². The van der Waals surface area contributed by atoms with Crippen molar-refractivity contribution in [1.82, 2.24) is 4.98 Å². The number of anilines is 1. The lowest BCUT2D eigenvalue weighted by Crippen LogP contribution is -2.05. The Hall–Kier alpha value is -1.83. The monoisotopic (exact) mass is 238 g/mol. The highest BCUT2D eigenvalue weighted by atomic mass is 14.9. The summed E-state index contributed by atoms with van der Waals surface area (Å²) in [7, 11) is 0. The smallest absolute Gasteiger partial charge is 0.0343 e. The minimum Gasteiger partial charge on any atom is -0.385 e. The summed E-state index contributed by atoms with van der Waals surface area (Å²) in [6, 6.07) is 10.9. The Morgan fingerprint density at radius 3 is 2.72 bits per heavy atom. The van der Waals surface area contributed by atoms with Crippen LogP contribution < -0.4 is 5.32 Å². The van der Waals surface area contributed by atoms with Gasteiger partial charge in [0, 0.05) is 24.6 Å². The zero-order valence-electron chi connectivity index (χ0n) is 10.5. The van der Waals surface area contributed by atoms with E-state index in [4.69, 9.17) is 0 Å². The molecule has 1 N–H and O–H groups in total. The fourth-order valence-electron chi connectivity index (χ4n) is 2.58. The molecule has 0 saturated heterocycles. The molecule has 0 amide bonds. The average molecular weight is 238 g/mol. The molecule has 3 rings (SSSR count). The van der Waals surface area contributed by atoms with E-state index in [9.17, 15) is 0 Å². The Balaban J connectivity index is 1.57. The van der Waals surface area contributed by atoms with Crippen molar-refractivity contribution in [1.29, 1.82) is 0 Å². The molecule has 0 bridgehead atoms. The van der Waals surface area contributed by atoms with Crippen molar-refractivity contribution < 1.29 is 0 Å². The topological polar surface area (TPSA) is 24.9 Å². The number of aryl methyl sites for hydroxylation is 2. The van der Waals surface area contributed by atoms with Crippen molar-refractivity contribution in [3.8, 4) is 0 Å². The Morgan fingerprint density at radius 1 is 1.00 bits per heavy atom. The number of aromatic nitrogens is 1. The van der Waals surface area contributed by atoms with Crippen LogP contribution in [-0.2, 0) is 19.3 Å². The zero-order chi connectivity index (χ0) is 12.2. The molecule has 1 heterocycles. The third kappa shape index (κ3) is 2.53. The van der Waals surface area contributed by atoms with Crippen molar-refractivity contribution in [2.45, 2.75) is 25.7 Å². The third-order valence-electron chi connectivity index (χ3n) is 3.59. The van der Waals surface area contributed by atoms with Gasteiger partial charge in [0.05, 0.1) is 0 Å². The quantitative estimate of drug-likeness (QED) is 0.884. The molecule has 1 aliphatic carbocycles. The van der Waals surface area contributed by atoms with Crippen molar-refractivity contribution in [3.05, 3.63) is 59.4 Å². The minimum absolute atomic E-state index is 0.975. The van der Waals surface area contributed by atoms with E-state index >= 15 is 0 Å². The number of hydrogen-bond acceptors (Lipinski definition) is 2. The Morgan fingerprint density at radius 2 is 1.83 bits per heavy atom. The molecule has 2 heteroatoms. The summed E-state index contributed by atoms with van der Waals surface area (Å²) >= 11 is 0. The van der Waals surface area contributed by atoms with Crippen molar-refractivity contribution >= 4 is 5.69 Å². The fraction of sp³-hybridized carbons (Fsp3) is 0.312. The average Bonchev–Trinajstić information content (AvgIpc) is 2.87. The van der Waals surface area contributed by atoms with Crippen molar-refractivity contribution in [2.75, 3.05) is 11.9 Å². The van der Waals surface area contributed by atoms with Gasteiger partial charge in [0.25, 0.3) is 0 Å². The first-order chi connectivity index (χ1) is 8.92. The molecule has 0 fully saturated rings. The van der Waals surface area contributed by atoms with Crippen LogP contribution in [-0.4, -0.2) is 11.5 Å². The number of benzene rings is 1. The van der Waals surface area contributed by atoms with Crippen LogP contribution >= 0.6 is 0 Å². The molecule has 0 saturated carbocycles. The second-order valence-electron chi connectivity index (χ2n) is 4.87. The van der Waals surface area contributed by atoms with Crippen LogP contribution in [0.5, 0.6) is 0 Å². The predicted molar refractivity (Wildman–Crippen MR) is 74.9 cm³/mol. The van der Waals surface area contributed by atoms with E-state index in [2.05, 4.69) is 40.6 Å². The summed E-state index contributed by atoms with van der Waals surface area (Å²) in [6.07, 6.45) is 8.56. The molecule has 1 aliphatic rings. The number of fused-ring (bicyclic) bond motifs is 1. The number of rotatable bonds is 4. The number of nitrogens with zero attached hydrogens (tertiary/aromatic N) is 1. The first-order valence-corrected chi connectivity index (χ1v) is 6.66. The van der Waals surface area contributed by atoms with Crippen LogP contribution in [0.4, 0.5) is 5.69 Å². The maximum absolute atomic E-state index is 4.03. The van der Waals surface area contributed by atoms with E-state index in [1.54, 1.807) is 0 Å². The van der Waals surface area contributed by atoms with Crippen LogP contribution in [0.25, 0.3) is 0 Å². The highest BCUT2D eigenvalue weighted by molar-refractivity contribution is 5.50. The van der Waals surface area contributed by atoms with Crippen LogP contribution in [0.2, 0.25) is 0 Å². The second kappa shape index (κ2) is 5.21. The highest BCUT2D eigenvalue weighted by Gasteiger charge is 2.10. The van der Waals surface area contributed by atoms with Crippen LogP contribution in [0.15, 0.2) is 42.7 Å². The van der Waals surface area contributed by atoms with Gasteiger partial charge in [-0.1, -0.05) is 6.07 Å². The largest absolute Gasteiger partial charge is 0.385 e. The molecule has 2 aromatic rings. The summed E-state index contributed by atoms with van der Waals surface area (Å²) < 4.78 is 0. The van der Waals surface area contributed by atoms with Crippen molar-refractivity contribution in [3.63, 3.8) is 0 Å². The molecule has 0 radical (unpaired) electrons. The Kier molecular flexibility index (Phi) is 3.26. The van der Waals surface area contributed by atoms with Crippen molar-refractivity contribution in [2.24, 2.45) is 0 Å². The van der Waals surface area contributed by atoms with Gasteiger partial charge < -0.3 is 5.32 Å². The van der Waals surface area contributed by atoms with Gasteiger partial charge in [-0.05, 0) is 66.6 Å². The third-order valence-corrected chi connectivity index (χ3v) is 3.59. The van der Waals surface area contributed by atoms with Gasteiger partial charge in [0.15, 0.2) is 0 Å². The Bertz CT molecular complexity index is 520. The lowest BCUT2D eigenvalue weighted by atomic mass is 10.1. The summed E-state index contributed by atoms with van der Waals surface area (Å²) in [5.41, 5.74) is 5.65. The first-order valence-electron chi connectivity index (χ1n) is 6.66. The Labute approximate surface area is 108 Å². The van der Waals surface area contributed by atoms with Gasteiger partial charge in [-0.3, -0.25) is 4.98 Å². The second-order valence-corrected chi connectivity index (χ2v) is 4.87. The van der Waals surface area contributed by atoms with Gasteiger partial charge in [-0.25, -0.2) is 0 Å². The van der Waals surface area contributed by atoms with Gasteiger partial charge in [0.2, 0.25) is 0 Å². The minimum atomic E-state index is 0.975. The summed E-state index contributed by atoms with van der Waals surface area (Å²) in [6.45, 7) is 0.975. The van der Waals surface area contributed by atoms with E-state index < -0.39 is 0 Å². The summed E-state index contributed by atoms with van der Waals surface area (Å²) in [5, 5.41) is 3.50. The SMILES string of the molecule is c1cc(CCNc2ccc3c(c2)CCC3)ccn1. The van der Waals surface area contributed by atoms with Gasteiger partial charge in [-0.15, -0.1) is 0 Å². The molecule has 0 atom stereocenters. The maximum atomic E-state index is 4.03. The molecule has 18 heavy (non-hydrogen) atoms. The van der Waals surface area contributed by atoms with Crippen LogP contribution in [0.1, 0.15) is 23.1 Å². The molecule has 0 aliphatic heterocycles. The van der Waals surface area contributed by atoms with Gasteiger partial charge >= 0.3 is 0 Å². The standard InChI is InChI=1S/C16H18N2/c1-2-14-4-5-16(12-15(14)3-1)18-11-8-13-6-9-17-10-7-13/h4-7,9-10,12,18H,1-3,8,11H2. The predicted octanol–water partition coefficient (Wildman–Crippen LogP) is 3.22. The lowest BCUT2D eigenvalue weighted by molar-refractivity contribution is 0.911. The number of nitrogens with one attached hydrogen (secondary N) is 1. The molecule has 92 valence electrons. The van der Waals surface area contributed by atoms with E-state index in [0.717, 1.165) is 13.0 Å². The number of hydrogen-bond donors (Lipinski definition) is 1. The molecule has 0 unspecified atom stereocenters. The summed E-state index contributed by atoms with van der Waals surface area (Å²) in [5.74, 6) is 0. The highest BCUT2D eigenvalue weighted by Crippen LogP contribution is 2.24. The molecule has 0 spiro atoms. The van der Waals surface area contributed by atoms with E-state index in [1.165, 1.54) is 41.6 Å². The molecular formula is C16H18N2. The summed E-state index contributed by atoms with van der Waals surface area (Å²) in [4.78, 5) is 4.03. The molecule has 2 nitrogen and oxygen atoms in total. The van der Waals surface area contributed by atoms with E-state index in [-0.39, 0.29) is 0 Å². The molecule has 1 aromatic heterocycles. The molecule has 1 aromatic carbocycles. The van der Waals surface area contributed by atoms with Crippen LogP contribution in [0.3, 0.4) is 0 Å².